The van der Waals surface area contributed by atoms with Crippen molar-refractivity contribution in [3.8, 4) is 6.07 Å². The molecule has 0 spiro atoms. The zero-order valence-corrected chi connectivity index (χ0v) is 9.19. The molecule has 0 amide bonds. The second-order valence-corrected chi connectivity index (χ2v) is 5.17. The average Bonchev–Trinajstić information content (AvgIpc) is 2.14. The number of nitriles is 1. The van der Waals surface area contributed by atoms with Crippen LogP contribution in [0.4, 0.5) is 22.0 Å². The topological polar surface area (TPSA) is 57.9 Å². The SMILES string of the molecule is N#CC(C(F)(F)F)S(=O)(=O)c1ccc(F)cc1F. The van der Waals surface area contributed by atoms with Crippen molar-refractivity contribution >= 4 is 9.84 Å². The van der Waals surface area contributed by atoms with Crippen LogP contribution < -0.4 is 0 Å². The Morgan fingerprint density at radius 2 is 1.78 bits per heavy atom. The number of hydrogen-bond acceptors (Lipinski definition) is 3. The van der Waals surface area contributed by atoms with Gasteiger partial charge in [-0.25, -0.2) is 17.2 Å². The van der Waals surface area contributed by atoms with Crippen LogP contribution in [0, 0.1) is 23.0 Å². The number of nitrogens with zero attached hydrogens (tertiary/aromatic N) is 1. The molecule has 0 heterocycles. The smallest absolute Gasteiger partial charge is 0.222 e. The Hall–Kier alpha value is -1.69. The van der Waals surface area contributed by atoms with Crippen molar-refractivity contribution in [1.29, 1.82) is 5.26 Å². The molecule has 0 bridgehead atoms. The summed E-state index contributed by atoms with van der Waals surface area (Å²) in [4.78, 5) is -1.37. The van der Waals surface area contributed by atoms with Crippen molar-refractivity contribution < 1.29 is 30.4 Å². The molecule has 0 aromatic heterocycles. The highest BCUT2D eigenvalue weighted by Crippen LogP contribution is 2.31. The van der Waals surface area contributed by atoms with Gasteiger partial charge in [0.15, 0.2) is 0 Å². The van der Waals surface area contributed by atoms with E-state index in [9.17, 15) is 30.4 Å². The third-order valence-corrected chi connectivity index (χ3v) is 3.86. The van der Waals surface area contributed by atoms with Gasteiger partial charge in [0.2, 0.25) is 15.1 Å². The molecular weight excluding hydrogens is 281 g/mol. The van der Waals surface area contributed by atoms with Crippen molar-refractivity contribution in [1.82, 2.24) is 0 Å². The quantitative estimate of drug-likeness (QED) is 0.618. The minimum Gasteiger partial charge on any atom is -0.222 e. The number of hydrogen-bond donors (Lipinski definition) is 0. The lowest BCUT2D eigenvalue weighted by molar-refractivity contribution is -0.120. The maximum absolute atomic E-state index is 13.1. The molecule has 1 aromatic rings. The van der Waals surface area contributed by atoms with Crippen LogP contribution in [-0.2, 0) is 9.84 Å². The summed E-state index contributed by atoms with van der Waals surface area (Å²) in [7, 11) is -5.28. The van der Waals surface area contributed by atoms with E-state index in [0.29, 0.717) is 18.2 Å². The molecule has 0 saturated carbocycles. The molecule has 0 fully saturated rings. The van der Waals surface area contributed by atoms with Gasteiger partial charge in [-0.15, -0.1) is 0 Å². The highest BCUT2D eigenvalue weighted by atomic mass is 32.2. The molecule has 98 valence electrons. The van der Waals surface area contributed by atoms with E-state index in [1.807, 2.05) is 0 Å². The van der Waals surface area contributed by atoms with E-state index in [-0.39, 0.29) is 6.07 Å². The van der Waals surface area contributed by atoms with Gasteiger partial charge >= 0.3 is 6.18 Å². The number of sulfone groups is 1. The van der Waals surface area contributed by atoms with Gasteiger partial charge in [-0.2, -0.15) is 18.4 Å². The zero-order valence-electron chi connectivity index (χ0n) is 8.37. The summed E-state index contributed by atoms with van der Waals surface area (Å²) < 4.78 is 85.5. The van der Waals surface area contributed by atoms with Gasteiger partial charge in [0.05, 0.1) is 6.07 Å². The minimum absolute atomic E-state index is 0.123. The molecule has 0 aliphatic heterocycles. The van der Waals surface area contributed by atoms with Gasteiger partial charge in [0, 0.05) is 6.07 Å². The molecule has 1 aromatic carbocycles. The van der Waals surface area contributed by atoms with Gasteiger partial charge in [-0.1, -0.05) is 0 Å². The Bertz CT molecular complexity index is 602. The average molecular weight is 285 g/mol. The maximum Gasteiger partial charge on any atom is 0.418 e. The van der Waals surface area contributed by atoms with Crippen LogP contribution in [0.2, 0.25) is 0 Å². The Morgan fingerprint density at radius 1 is 1.22 bits per heavy atom. The summed E-state index contributed by atoms with van der Waals surface area (Å²) in [5.74, 6) is -2.83. The van der Waals surface area contributed by atoms with Crippen LogP contribution >= 0.6 is 0 Å². The fourth-order valence-corrected chi connectivity index (χ4v) is 2.48. The van der Waals surface area contributed by atoms with Crippen LogP contribution in [0.3, 0.4) is 0 Å². The van der Waals surface area contributed by atoms with Crippen LogP contribution in [-0.4, -0.2) is 19.8 Å². The highest BCUT2D eigenvalue weighted by Gasteiger charge is 2.50. The molecule has 0 radical (unpaired) electrons. The summed E-state index contributed by atoms with van der Waals surface area (Å²) >= 11 is 0. The maximum atomic E-state index is 13.1. The predicted molar refractivity (Wildman–Crippen MR) is 49.0 cm³/mol. The molecule has 1 rings (SSSR count). The predicted octanol–water partition coefficient (Wildman–Crippen LogP) is 2.19. The fraction of sp³-hybridized carbons (Fsp3) is 0.222. The van der Waals surface area contributed by atoms with Crippen molar-refractivity contribution in [2.24, 2.45) is 0 Å². The molecule has 0 saturated heterocycles. The number of benzene rings is 1. The summed E-state index contributed by atoms with van der Waals surface area (Å²) in [5.41, 5.74) is 0. The molecule has 1 unspecified atom stereocenters. The lowest BCUT2D eigenvalue weighted by Crippen LogP contribution is -2.35. The monoisotopic (exact) mass is 285 g/mol. The fourth-order valence-electron chi connectivity index (χ4n) is 1.15. The van der Waals surface area contributed by atoms with E-state index in [1.165, 1.54) is 0 Å². The Kier molecular flexibility index (Phi) is 3.62. The van der Waals surface area contributed by atoms with E-state index in [2.05, 4.69) is 0 Å². The standard InChI is InChI=1S/C9H4F5NO2S/c10-5-1-2-7(6(11)3-5)18(16,17)8(4-15)9(12,13)14/h1-3,8H. The Morgan fingerprint density at radius 3 is 2.17 bits per heavy atom. The second kappa shape index (κ2) is 4.53. The van der Waals surface area contributed by atoms with Gasteiger partial charge in [0.25, 0.3) is 0 Å². The summed E-state index contributed by atoms with van der Waals surface area (Å²) in [6, 6.07) is 1.50. The second-order valence-electron chi connectivity index (χ2n) is 3.17. The van der Waals surface area contributed by atoms with Crippen molar-refractivity contribution in [3.63, 3.8) is 0 Å². The Labute approximate surface area is 98.4 Å². The van der Waals surface area contributed by atoms with Crippen LogP contribution in [0.5, 0.6) is 0 Å². The van der Waals surface area contributed by atoms with Crippen LogP contribution in [0.1, 0.15) is 0 Å². The minimum atomic E-state index is -5.37. The van der Waals surface area contributed by atoms with E-state index in [4.69, 9.17) is 5.26 Å². The molecular formula is C9H4F5NO2S. The van der Waals surface area contributed by atoms with Gasteiger partial charge < -0.3 is 0 Å². The number of rotatable bonds is 2. The Balaban J connectivity index is 3.43. The molecule has 0 aliphatic rings. The molecule has 18 heavy (non-hydrogen) atoms. The lowest BCUT2D eigenvalue weighted by Gasteiger charge is -2.14. The largest absolute Gasteiger partial charge is 0.418 e. The van der Waals surface area contributed by atoms with E-state index in [0.717, 1.165) is 0 Å². The van der Waals surface area contributed by atoms with E-state index >= 15 is 0 Å². The van der Waals surface area contributed by atoms with Crippen molar-refractivity contribution in [3.05, 3.63) is 29.8 Å². The first-order valence-corrected chi connectivity index (χ1v) is 5.80. The number of alkyl halides is 3. The summed E-state index contributed by atoms with van der Waals surface area (Å²) in [5, 5.41) is 4.86. The normalized spacial score (nSPS) is 14.0. The van der Waals surface area contributed by atoms with Gasteiger partial charge in [-0.05, 0) is 12.1 Å². The summed E-state index contributed by atoms with van der Waals surface area (Å²) in [6.07, 6.45) is -5.37. The highest BCUT2D eigenvalue weighted by molar-refractivity contribution is 7.92. The van der Waals surface area contributed by atoms with Crippen molar-refractivity contribution in [2.45, 2.75) is 16.3 Å². The molecule has 9 heteroatoms. The molecule has 1 atom stereocenters. The third-order valence-electron chi connectivity index (χ3n) is 1.93. The van der Waals surface area contributed by atoms with Gasteiger partial charge in [0.1, 0.15) is 16.5 Å². The van der Waals surface area contributed by atoms with Crippen molar-refractivity contribution in [2.75, 3.05) is 0 Å². The molecule has 0 N–H and O–H groups in total. The zero-order chi connectivity index (χ0) is 14.1. The number of halogens is 5. The van der Waals surface area contributed by atoms with Crippen LogP contribution in [0.25, 0.3) is 0 Å². The first kappa shape index (κ1) is 14.4. The molecule has 3 nitrogen and oxygen atoms in total. The van der Waals surface area contributed by atoms with E-state index in [1.54, 1.807) is 0 Å². The third kappa shape index (κ3) is 2.59. The lowest BCUT2D eigenvalue weighted by atomic mass is 10.3. The first-order chi connectivity index (χ1) is 8.10. The van der Waals surface area contributed by atoms with Crippen LogP contribution in [0.15, 0.2) is 23.1 Å². The summed E-state index contributed by atoms with van der Waals surface area (Å²) in [6.45, 7) is 0. The van der Waals surface area contributed by atoms with E-state index < -0.39 is 37.8 Å². The van der Waals surface area contributed by atoms with Gasteiger partial charge in [-0.3, -0.25) is 0 Å². The molecule has 0 aliphatic carbocycles. The first-order valence-electron chi connectivity index (χ1n) is 4.26.